The molecule has 2 saturated heterocycles. The van der Waals surface area contributed by atoms with Crippen LogP contribution in [0.15, 0.2) is 47.4 Å². The van der Waals surface area contributed by atoms with Crippen LogP contribution >= 0.6 is 0 Å². The summed E-state index contributed by atoms with van der Waals surface area (Å²) in [4.78, 5) is 13.3. The molecule has 0 unspecified atom stereocenters. The summed E-state index contributed by atoms with van der Waals surface area (Å²) < 4.78 is 44.2. The van der Waals surface area contributed by atoms with E-state index in [9.17, 15) is 13.2 Å². The largest absolute Gasteiger partial charge is 0.454 e. The van der Waals surface area contributed by atoms with Gasteiger partial charge in [0.25, 0.3) is 5.91 Å². The number of ether oxygens (including phenoxy) is 3. The lowest BCUT2D eigenvalue weighted by Gasteiger charge is -2.38. The predicted octanol–water partition coefficient (Wildman–Crippen LogP) is 3.07. The van der Waals surface area contributed by atoms with E-state index in [0.717, 1.165) is 43.4 Å². The number of hydrogen-bond donors (Lipinski definition) is 1. The summed E-state index contributed by atoms with van der Waals surface area (Å²) in [6.07, 6.45) is 4.30. The number of carbonyl (C=O) groups is 1. The minimum absolute atomic E-state index is 0.165. The van der Waals surface area contributed by atoms with Gasteiger partial charge >= 0.3 is 0 Å². The summed E-state index contributed by atoms with van der Waals surface area (Å²) in [7, 11) is -3.60. The molecule has 2 aromatic rings. The first kappa shape index (κ1) is 23.1. The van der Waals surface area contributed by atoms with Crippen LogP contribution in [0.1, 0.15) is 48.0 Å². The molecule has 9 heteroatoms. The van der Waals surface area contributed by atoms with Crippen molar-refractivity contribution in [3.63, 3.8) is 0 Å². The van der Waals surface area contributed by atoms with Gasteiger partial charge in [-0.15, -0.1) is 0 Å². The average Bonchev–Trinajstić information content (AvgIpc) is 3.36. The van der Waals surface area contributed by atoms with Crippen molar-refractivity contribution in [1.82, 2.24) is 9.62 Å². The molecule has 3 heterocycles. The lowest BCUT2D eigenvalue weighted by molar-refractivity contribution is 0.0486. The van der Waals surface area contributed by atoms with E-state index >= 15 is 0 Å². The molecule has 0 aromatic heterocycles. The monoisotopic (exact) mass is 486 g/mol. The lowest BCUT2D eigenvalue weighted by Crippen LogP contribution is -2.44. The average molecular weight is 487 g/mol. The van der Waals surface area contributed by atoms with Gasteiger partial charge in [-0.25, -0.2) is 8.42 Å². The highest BCUT2D eigenvalue weighted by atomic mass is 32.2. The first-order chi connectivity index (χ1) is 16.5. The Labute approximate surface area is 200 Å². The van der Waals surface area contributed by atoms with Gasteiger partial charge in [-0.2, -0.15) is 4.31 Å². The molecule has 0 atom stereocenters. The van der Waals surface area contributed by atoms with Gasteiger partial charge in [-0.3, -0.25) is 4.79 Å². The molecule has 0 saturated carbocycles. The number of sulfonamides is 1. The normalized spacial score (nSPS) is 20.1. The van der Waals surface area contributed by atoms with E-state index in [4.69, 9.17) is 14.2 Å². The van der Waals surface area contributed by atoms with Crippen LogP contribution in [-0.4, -0.2) is 58.3 Å². The molecule has 1 amide bonds. The second kappa shape index (κ2) is 9.56. The maximum Gasteiger partial charge on any atom is 0.251 e. The number of fused-ring (bicyclic) bond motifs is 1. The number of carbonyl (C=O) groups excluding carboxylic acids is 1. The van der Waals surface area contributed by atoms with Crippen molar-refractivity contribution in [3.05, 3.63) is 53.6 Å². The van der Waals surface area contributed by atoms with Gasteiger partial charge in [0, 0.05) is 43.8 Å². The minimum atomic E-state index is -3.60. The van der Waals surface area contributed by atoms with Crippen molar-refractivity contribution in [2.24, 2.45) is 0 Å². The number of rotatable bonds is 6. The SMILES string of the molecule is O=C(NCC1(c2ccc3c(c2)OCO3)CCOCC1)c1cccc(S(=O)(=O)N2CCCCC2)c1. The Balaban J connectivity index is 1.34. The molecule has 2 fully saturated rings. The molecular formula is C25H30N2O6S. The Kier molecular flexibility index (Phi) is 6.50. The second-order valence-electron chi connectivity index (χ2n) is 9.14. The predicted molar refractivity (Wildman–Crippen MR) is 126 cm³/mol. The van der Waals surface area contributed by atoms with Gasteiger partial charge in [-0.05, 0) is 61.6 Å². The van der Waals surface area contributed by atoms with Crippen molar-refractivity contribution < 1.29 is 27.4 Å². The van der Waals surface area contributed by atoms with Crippen LogP contribution in [0, 0.1) is 0 Å². The fourth-order valence-corrected chi connectivity index (χ4v) is 6.52. The first-order valence-electron chi connectivity index (χ1n) is 11.8. The van der Waals surface area contributed by atoms with Gasteiger partial charge in [-0.1, -0.05) is 18.6 Å². The second-order valence-corrected chi connectivity index (χ2v) is 11.1. The molecule has 34 heavy (non-hydrogen) atoms. The van der Waals surface area contributed by atoms with E-state index in [1.165, 1.54) is 10.4 Å². The first-order valence-corrected chi connectivity index (χ1v) is 13.3. The highest BCUT2D eigenvalue weighted by molar-refractivity contribution is 7.89. The molecule has 2 aromatic carbocycles. The molecule has 5 rings (SSSR count). The maximum atomic E-state index is 13.1. The summed E-state index contributed by atoms with van der Waals surface area (Å²) in [5.41, 5.74) is 1.11. The molecule has 0 bridgehead atoms. The number of benzene rings is 2. The Bertz CT molecular complexity index is 1150. The van der Waals surface area contributed by atoms with Crippen LogP contribution in [0.2, 0.25) is 0 Å². The van der Waals surface area contributed by atoms with Gasteiger partial charge in [0.1, 0.15) is 0 Å². The summed E-state index contributed by atoms with van der Waals surface area (Å²) in [6.45, 7) is 2.89. The van der Waals surface area contributed by atoms with E-state index in [0.29, 0.717) is 44.2 Å². The molecular weight excluding hydrogens is 456 g/mol. The van der Waals surface area contributed by atoms with Crippen molar-refractivity contribution >= 4 is 15.9 Å². The Hall–Kier alpha value is -2.62. The number of nitrogens with zero attached hydrogens (tertiary/aromatic N) is 1. The van der Waals surface area contributed by atoms with E-state index in [1.807, 2.05) is 18.2 Å². The van der Waals surface area contributed by atoms with Gasteiger partial charge in [0.05, 0.1) is 4.90 Å². The Morgan fingerprint density at radius 1 is 0.971 bits per heavy atom. The van der Waals surface area contributed by atoms with Crippen molar-refractivity contribution in [2.45, 2.75) is 42.4 Å². The van der Waals surface area contributed by atoms with Gasteiger partial charge in [0.2, 0.25) is 16.8 Å². The van der Waals surface area contributed by atoms with Crippen LogP contribution in [0.25, 0.3) is 0 Å². The molecule has 8 nitrogen and oxygen atoms in total. The van der Waals surface area contributed by atoms with Crippen LogP contribution in [0.3, 0.4) is 0 Å². The topological polar surface area (TPSA) is 94.2 Å². The lowest BCUT2D eigenvalue weighted by atomic mass is 9.74. The number of piperidine rings is 1. The third-order valence-corrected chi connectivity index (χ3v) is 8.97. The number of nitrogens with one attached hydrogen (secondary N) is 1. The van der Waals surface area contributed by atoms with Crippen LogP contribution in [0.4, 0.5) is 0 Å². The zero-order valence-corrected chi connectivity index (χ0v) is 19.9. The molecule has 0 aliphatic carbocycles. The molecule has 1 N–H and O–H groups in total. The zero-order valence-electron chi connectivity index (χ0n) is 19.1. The molecule has 3 aliphatic rings. The van der Waals surface area contributed by atoms with Crippen LogP contribution in [0.5, 0.6) is 11.5 Å². The molecule has 0 spiro atoms. The standard InChI is InChI=1S/C25H30N2O6S/c28-24(19-5-4-6-21(15-19)34(29,30)27-11-2-1-3-12-27)26-17-25(9-13-31-14-10-25)20-7-8-22-23(16-20)33-18-32-22/h4-8,15-16H,1-3,9-14,17-18H2,(H,26,28). The van der Waals surface area contributed by atoms with Crippen molar-refractivity contribution in [1.29, 1.82) is 0 Å². The molecule has 0 radical (unpaired) electrons. The fraction of sp³-hybridized carbons (Fsp3) is 0.480. The van der Waals surface area contributed by atoms with E-state index in [2.05, 4.69) is 5.32 Å². The van der Waals surface area contributed by atoms with Crippen LogP contribution < -0.4 is 14.8 Å². The number of hydrogen-bond acceptors (Lipinski definition) is 6. The van der Waals surface area contributed by atoms with Crippen molar-refractivity contribution in [2.75, 3.05) is 39.6 Å². The highest BCUT2D eigenvalue weighted by Gasteiger charge is 2.36. The van der Waals surface area contributed by atoms with E-state index in [1.54, 1.807) is 18.2 Å². The van der Waals surface area contributed by atoms with Crippen molar-refractivity contribution in [3.8, 4) is 11.5 Å². The summed E-state index contributed by atoms with van der Waals surface area (Å²) in [5, 5.41) is 3.06. The van der Waals surface area contributed by atoms with Gasteiger partial charge in [0.15, 0.2) is 11.5 Å². The smallest absolute Gasteiger partial charge is 0.251 e. The Morgan fingerprint density at radius 2 is 1.74 bits per heavy atom. The van der Waals surface area contributed by atoms with E-state index < -0.39 is 10.0 Å². The molecule has 182 valence electrons. The number of amides is 1. The Morgan fingerprint density at radius 3 is 2.53 bits per heavy atom. The summed E-state index contributed by atoms with van der Waals surface area (Å²) in [5.74, 6) is 1.15. The van der Waals surface area contributed by atoms with Crippen LogP contribution in [-0.2, 0) is 20.2 Å². The minimum Gasteiger partial charge on any atom is -0.454 e. The third kappa shape index (κ3) is 4.52. The fourth-order valence-electron chi connectivity index (χ4n) is 4.96. The highest BCUT2D eigenvalue weighted by Crippen LogP contribution is 2.40. The maximum absolute atomic E-state index is 13.1. The summed E-state index contributed by atoms with van der Waals surface area (Å²) in [6, 6.07) is 12.3. The molecule has 3 aliphatic heterocycles. The van der Waals surface area contributed by atoms with E-state index in [-0.39, 0.29) is 23.0 Å². The quantitative estimate of drug-likeness (QED) is 0.675. The van der Waals surface area contributed by atoms with Gasteiger partial charge < -0.3 is 19.5 Å². The zero-order chi connectivity index (χ0) is 23.6. The third-order valence-electron chi connectivity index (χ3n) is 7.07. The summed E-state index contributed by atoms with van der Waals surface area (Å²) >= 11 is 0.